The van der Waals surface area contributed by atoms with Crippen LogP contribution in [0.15, 0.2) is 42.7 Å². The Balaban J connectivity index is 2.04. The summed E-state index contributed by atoms with van der Waals surface area (Å²) in [7, 11) is -1.32. The van der Waals surface area contributed by atoms with E-state index in [9.17, 15) is 4.79 Å². The minimum atomic E-state index is -1.32. The number of hydrogen-bond acceptors (Lipinski definition) is 3. The van der Waals surface area contributed by atoms with Crippen LogP contribution in [0, 0.1) is 12.7 Å². The van der Waals surface area contributed by atoms with E-state index in [1.165, 1.54) is 6.07 Å². The molecule has 36 heavy (non-hydrogen) atoms. The standard InChI is InChI=1S/C28H35FN4O2Si/c1-17(2)23-24(27(30)34)26(21-8-7-18(3)15-22(21)29)33(16-35-13-14-36(4,5)6)25(23)19-9-11-31-28-20(19)10-12-32-28/h7-12,15,17H,13-14,16H2,1-6H3,(H2,30,34)(H,31,32). The van der Waals surface area contributed by atoms with E-state index in [1.807, 2.05) is 49.7 Å². The summed E-state index contributed by atoms with van der Waals surface area (Å²) in [6.07, 6.45) is 3.57. The Hall–Kier alpha value is -3.23. The lowest BCUT2D eigenvalue weighted by Crippen LogP contribution is -2.22. The second kappa shape index (κ2) is 10.0. The molecule has 0 spiro atoms. The summed E-state index contributed by atoms with van der Waals surface area (Å²) in [6, 6.07) is 9.93. The van der Waals surface area contributed by atoms with Gasteiger partial charge in [-0.25, -0.2) is 9.37 Å². The highest BCUT2D eigenvalue weighted by Crippen LogP contribution is 2.43. The zero-order valence-electron chi connectivity index (χ0n) is 21.9. The number of nitrogens with two attached hydrogens (primary N) is 1. The summed E-state index contributed by atoms with van der Waals surface area (Å²) in [5.74, 6) is -1.04. The second-order valence-corrected chi connectivity index (χ2v) is 16.5. The molecule has 0 saturated heterocycles. The molecule has 0 fully saturated rings. The molecule has 4 rings (SSSR count). The third kappa shape index (κ3) is 5.01. The molecule has 3 aromatic heterocycles. The van der Waals surface area contributed by atoms with Crippen molar-refractivity contribution in [2.24, 2.45) is 5.73 Å². The number of aromatic amines is 1. The van der Waals surface area contributed by atoms with E-state index in [1.54, 1.807) is 12.3 Å². The molecule has 0 saturated carbocycles. The molecule has 0 aliphatic carbocycles. The van der Waals surface area contributed by atoms with Crippen molar-refractivity contribution in [2.45, 2.75) is 59.1 Å². The number of halogens is 1. The molecule has 1 aromatic carbocycles. The Labute approximate surface area is 212 Å². The summed E-state index contributed by atoms with van der Waals surface area (Å²) < 4.78 is 23.6. The third-order valence-corrected chi connectivity index (χ3v) is 8.14. The molecular weight excluding hydrogens is 471 g/mol. The highest BCUT2D eigenvalue weighted by atomic mass is 28.3. The number of fused-ring (bicyclic) bond motifs is 1. The van der Waals surface area contributed by atoms with Crippen LogP contribution in [0.5, 0.6) is 0 Å². The Morgan fingerprint density at radius 1 is 1.17 bits per heavy atom. The third-order valence-electron chi connectivity index (χ3n) is 6.44. The number of hydrogen-bond donors (Lipinski definition) is 2. The van der Waals surface area contributed by atoms with Crippen molar-refractivity contribution in [1.82, 2.24) is 14.5 Å². The number of amides is 1. The molecule has 0 aliphatic rings. The van der Waals surface area contributed by atoms with E-state index in [-0.39, 0.29) is 12.6 Å². The van der Waals surface area contributed by atoms with Crippen LogP contribution in [-0.2, 0) is 11.5 Å². The van der Waals surface area contributed by atoms with Gasteiger partial charge in [-0.05, 0) is 54.3 Å². The van der Waals surface area contributed by atoms with Crippen molar-refractivity contribution >= 4 is 25.0 Å². The number of primary amides is 1. The first-order valence-corrected chi connectivity index (χ1v) is 16.0. The van der Waals surface area contributed by atoms with Crippen LogP contribution in [0.3, 0.4) is 0 Å². The predicted molar refractivity (Wildman–Crippen MR) is 146 cm³/mol. The maximum Gasteiger partial charge on any atom is 0.251 e. The molecule has 8 heteroatoms. The van der Waals surface area contributed by atoms with Gasteiger partial charge >= 0.3 is 0 Å². The summed E-state index contributed by atoms with van der Waals surface area (Å²) in [6.45, 7) is 13.5. The number of benzene rings is 1. The Bertz CT molecular complexity index is 1420. The number of aromatic nitrogens is 3. The van der Waals surface area contributed by atoms with Gasteiger partial charge in [-0.1, -0.05) is 39.6 Å². The van der Waals surface area contributed by atoms with Crippen LogP contribution in [0.2, 0.25) is 25.7 Å². The lowest BCUT2D eigenvalue weighted by Gasteiger charge is -2.19. The molecule has 3 heterocycles. The quantitative estimate of drug-likeness (QED) is 0.196. The summed E-state index contributed by atoms with van der Waals surface area (Å²) >= 11 is 0. The van der Waals surface area contributed by atoms with Gasteiger partial charge in [0.15, 0.2) is 0 Å². The first-order valence-electron chi connectivity index (χ1n) is 12.3. The number of carbonyl (C=O) groups is 1. The predicted octanol–water partition coefficient (Wildman–Crippen LogP) is 6.68. The fourth-order valence-electron chi connectivity index (χ4n) is 4.66. The van der Waals surface area contributed by atoms with E-state index in [0.717, 1.165) is 39.5 Å². The monoisotopic (exact) mass is 506 g/mol. The molecular formula is C28H35FN4O2Si. The van der Waals surface area contributed by atoms with Crippen molar-refractivity contribution in [1.29, 1.82) is 0 Å². The number of ether oxygens (including phenoxy) is 1. The van der Waals surface area contributed by atoms with Gasteiger partial charge in [0.05, 0.1) is 17.0 Å². The van der Waals surface area contributed by atoms with Crippen LogP contribution in [0.1, 0.15) is 41.3 Å². The van der Waals surface area contributed by atoms with Crippen molar-refractivity contribution in [3.63, 3.8) is 0 Å². The molecule has 0 radical (unpaired) electrons. The maximum absolute atomic E-state index is 15.4. The molecule has 4 aromatic rings. The molecule has 1 amide bonds. The van der Waals surface area contributed by atoms with Crippen LogP contribution in [-0.4, -0.2) is 35.1 Å². The number of aryl methyl sites for hydroxylation is 1. The molecule has 0 bridgehead atoms. The zero-order chi connectivity index (χ0) is 26.2. The molecule has 0 unspecified atom stereocenters. The average molecular weight is 507 g/mol. The van der Waals surface area contributed by atoms with Crippen molar-refractivity contribution < 1.29 is 13.9 Å². The van der Waals surface area contributed by atoms with Gasteiger partial charge in [0, 0.05) is 43.6 Å². The maximum atomic E-state index is 15.4. The van der Waals surface area contributed by atoms with Gasteiger partial charge in [0.1, 0.15) is 18.2 Å². The minimum absolute atomic E-state index is 0.0554. The molecule has 0 atom stereocenters. The SMILES string of the molecule is Cc1ccc(-c2c(C(N)=O)c(C(C)C)c(-c3ccnc4[nH]ccc34)n2COCC[Si](C)(C)C)c(F)c1. The lowest BCUT2D eigenvalue weighted by atomic mass is 9.92. The van der Waals surface area contributed by atoms with Gasteiger partial charge in [0.2, 0.25) is 0 Å². The Morgan fingerprint density at radius 2 is 1.92 bits per heavy atom. The molecule has 0 aliphatic heterocycles. The van der Waals surface area contributed by atoms with E-state index in [2.05, 4.69) is 29.6 Å². The molecule has 6 nitrogen and oxygen atoms in total. The fourth-order valence-corrected chi connectivity index (χ4v) is 5.42. The van der Waals surface area contributed by atoms with Crippen LogP contribution >= 0.6 is 0 Å². The van der Waals surface area contributed by atoms with Gasteiger partial charge in [-0.15, -0.1) is 0 Å². The summed E-state index contributed by atoms with van der Waals surface area (Å²) in [4.78, 5) is 20.6. The van der Waals surface area contributed by atoms with Crippen LogP contribution in [0.4, 0.5) is 4.39 Å². The van der Waals surface area contributed by atoms with Gasteiger partial charge in [-0.3, -0.25) is 4.79 Å². The number of carbonyl (C=O) groups excluding carboxylic acids is 1. The van der Waals surface area contributed by atoms with Crippen LogP contribution in [0.25, 0.3) is 33.5 Å². The lowest BCUT2D eigenvalue weighted by molar-refractivity contribution is 0.0892. The smallest absolute Gasteiger partial charge is 0.251 e. The first-order chi connectivity index (χ1) is 17.0. The van der Waals surface area contributed by atoms with Gasteiger partial charge < -0.3 is 20.0 Å². The molecule has 190 valence electrons. The summed E-state index contributed by atoms with van der Waals surface area (Å²) in [5.41, 5.74) is 11.1. The van der Waals surface area contributed by atoms with Gasteiger partial charge in [0.25, 0.3) is 5.91 Å². The summed E-state index contributed by atoms with van der Waals surface area (Å²) in [5, 5.41) is 0.909. The topological polar surface area (TPSA) is 85.9 Å². The number of rotatable bonds is 9. The largest absolute Gasteiger partial charge is 0.366 e. The van der Waals surface area contributed by atoms with E-state index in [0.29, 0.717) is 23.4 Å². The highest BCUT2D eigenvalue weighted by Gasteiger charge is 2.31. The van der Waals surface area contributed by atoms with Crippen LogP contribution < -0.4 is 5.73 Å². The first kappa shape index (κ1) is 25.8. The molecule has 3 N–H and O–H groups in total. The van der Waals surface area contributed by atoms with Crippen molar-refractivity contribution in [3.8, 4) is 22.5 Å². The zero-order valence-corrected chi connectivity index (χ0v) is 22.9. The van der Waals surface area contributed by atoms with E-state index >= 15 is 4.39 Å². The number of H-pyrrole nitrogens is 1. The van der Waals surface area contributed by atoms with Crippen molar-refractivity contribution in [2.75, 3.05) is 6.61 Å². The van der Waals surface area contributed by atoms with E-state index < -0.39 is 19.8 Å². The number of pyridine rings is 1. The highest BCUT2D eigenvalue weighted by molar-refractivity contribution is 6.76. The number of nitrogens with one attached hydrogen (secondary N) is 1. The van der Waals surface area contributed by atoms with Crippen molar-refractivity contribution in [3.05, 3.63) is 65.2 Å². The fraction of sp³-hybridized carbons (Fsp3) is 0.357. The van der Waals surface area contributed by atoms with E-state index in [4.69, 9.17) is 10.5 Å². The second-order valence-electron chi connectivity index (χ2n) is 10.9. The minimum Gasteiger partial charge on any atom is -0.366 e. The Kier molecular flexibility index (Phi) is 7.20. The average Bonchev–Trinajstić information content (AvgIpc) is 3.39. The van der Waals surface area contributed by atoms with Gasteiger partial charge in [-0.2, -0.15) is 0 Å². The number of nitrogens with zero attached hydrogens (tertiary/aromatic N) is 2. The normalized spacial score (nSPS) is 12.1. The Morgan fingerprint density at radius 3 is 2.56 bits per heavy atom.